The Morgan fingerprint density at radius 2 is 1.96 bits per heavy atom. The first-order chi connectivity index (χ1) is 13.4. The number of likely N-dealkylation sites (N-methyl/N-ethyl adjacent to an activating group) is 2. The fourth-order valence-electron chi connectivity index (χ4n) is 3.42. The van der Waals surface area contributed by atoms with Crippen molar-refractivity contribution in [1.29, 1.82) is 0 Å². The van der Waals surface area contributed by atoms with Crippen molar-refractivity contribution in [2.75, 3.05) is 66.6 Å². The lowest BCUT2D eigenvalue weighted by atomic mass is 10.1. The molecule has 1 unspecified atom stereocenters. The Bertz CT molecular complexity index is 615. The van der Waals surface area contributed by atoms with Gasteiger partial charge in [0.05, 0.1) is 7.11 Å². The predicted octanol–water partition coefficient (Wildman–Crippen LogP) is 2.08. The summed E-state index contributed by atoms with van der Waals surface area (Å²) in [4.78, 5) is 6.93. The van der Waals surface area contributed by atoms with Gasteiger partial charge in [-0.3, -0.25) is 9.80 Å². The Hall–Kier alpha value is -1.60. The summed E-state index contributed by atoms with van der Waals surface area (Å²) in [6.07, 6.45) is -0.521. The number of hydrogen-bond acceptors (Lipinski definition) is 6. The van der Waals surface area contributed by atoms with Crippen molar-refractivity contribution < 1.29 is 14.6 Å². The standard InChI is InChI=1S/C22H37N3O3/c1-6-24(14-18(2)3)15-19-7-8-21(27-5)22(13-19)28-17-20(26)16-25-11-9-23(4)10-12-25/h7-8,13,20,26H,2,6,9-12,14-17H2,1,3-5H3. The molecule has 1 saturated heterocycles. The third-order valence-electron chi connectivity index (χ3n) is 5.07. The normalized spacial score (nSPS) is 16.9. The summed E-state index contributed by atoms with van der Waals surface area (Å²) in [7, 11) is 3.77. The summed E-state index contributed by atoms with van der Waals surface area (Å²) in [5, 5.41) is 10.4. The fraction of sp³-hybridized carbons (Fsp3) is 0.636. The number of rotatable bonds is 11. The van der Waals surface area contributed by atoms with E-state index in [1.165, 1.54) is 0 Å². The molecule has 1 aliphatic rings. The maximum atomic E-state index is 10.4. The molecule has 0 spiro atoms. The van der Waals surface area contributed by atoms with Gasteiger partial charge in [-0.1, -0.05) is 25.1 Å². The largest absolute Gasteiger partial charge is 0.493 e. The van der Waals surface area contributed by atoms with Gasteiger partial charge in [0.15, 0.2) is 11.5 Å². The average molecular weight is 392 g/mol. The number of piperazine rings is 1. The van der Waals surface area contributed by atoms with E-state index in [1.807, 2.05) is 19.1 Å². The lowest BCUT2D eigenvalue weighted by Crippen LogP contribution is -2.47. The first-order valence-electron chi connectivity index (χ1n) is 10.2. The van der Waals surface area contributed by atoms with Crippen molar-refractivity contribution in [3.05, 3.63) is 35.9 Å². The molecule has 1 aromatic rings. The van der Waals surface area contributed by atoms with Crippen molar-refractivity contribution >= 4 is 0 Å². The molecule has 1 N–H and O–H groups in total. The molecular formula is C22H37N3O3. The van der Waals surface area contributed by atoms with Crippen LogP contribution in [0.15, 0.2) is 30.4 Å². The maximum Gasteiger partial charge on any atom is 0.161 e. The van der Waals surface area contributed by atoms with Crippen LogP contribution in [0, 0.1) is 0 Å². The average Bonchev–Trinajstić information content (AvgIpc) is 2.67. The van der Waals surface area contributed by atoms with E-state index in [1.54, 1.807) is 7.11 Å². The summed E-state index contributed by atoms with van der Waals surface area (Å²) in [6.45, 7) is 15.8. The first-order valence-corrected chi connectivity index (χ1v) is 10.2. The van der Waals surface area contributed by atoms with Gasteiger partial charge in [-0.15, -0.1) is 0 Å². The van der Waals surface area contributed by atoms with Gasteiger partial charge in [0.2, 0.25) is 0 Å². The Morgan fingerprint density at radius 3 is 2.57 bits per heavy atom. The van der Waals surface area contributed by atoms with Gasteiger partial charge in [-0.25, -0.2) is 0 Å². The Labute approximate surface area is 170 Å². The second kappa shape index (κ2) is 11.4. The number of aliphatic hydroxyl groups excluding tert-OH is 1. The second-order valence-electron chi connectivity index (χ2n) is 7.81. The number of hydrogen-bond donors (Lipinski definition) is 1. The van der Waals surface area contributed by atoms with Crippen LogP contribution in [0.5, 0.6) is 11.5 Å². The lowest BCUT2D eigenvalue weighted by molar-refractivity contribution is 0.0497. The molecule has 1 heterocycles. The molecule has 0 aliphatic carbocycles. The van der Waals surface area contributed by atoms with E-state index in [0.29, 0.717) is 18.0 Å². The number of aliphatic hydroxyl groups is 1. The van der Waals surface area contributed by atoms with Crippen molar-refractivity contribution in [1.82, 2.24) is 14.7 Å². The smallest absolute Gasteiger partial charge is 0.161 e. The molecule has 0 aromatic heterocycles. The number of β-amino-alcohol motifs (C(OH)–C–C–N with tert-alkyl or cyclic N) is 1. The fourth-order valence-corrected chi connectivity index (χ4v) is 3.42. The molecule has 0 bridgehead atoms. The van der Waals surface area contributed by atoms with Gasteiger partial charge < -0.3 is 19.5 Å². The van der Waals surface area contributed by atoms with Crippen molar-refractivity contribution in [2.45, 2.75) is 26.5 Å². The summed E-state index contributed by atoms with van der Waals surface area (Å²) in [5.41, 5.74) is 2.31. The van der Waals surface area contributed by atoms with Gasteiger partial charge in [-0.05, 0) is 38.2 Å². The van der Waals surface area contributed by atoms with Gasteiger partial charge in [0.1, 0.15) is 12.7 Å². The zero-order valence-electron chi connectivity index (χ0n) is 18.0. The van der Waals surface area contributed by atoms with Gasteiger partial charge in [-0.2, -0.15) is 0 Å². The molecule has 0 saturated carbocycles. The summed E-state index contributed by atoms with van der Waals surface area (Å²) >= 11 is 0. The molecule has 158 valence electrons. The summed E-state index contributed by atoms with van der Waals surface area (Å²) < 4.78 is 11.4. The lowest BCUT2D eigenvalue weighted by Gasteiger charge is -2.33. The van der Waals surface area contributed by atoms with E-state index in [9.17, 15) is 5.11 Å². The van der Waals surface area contributed by atoms with Crippen LogP contribution in [-0.2, 0) is 6.54 Å². The van der Waals surface area contributed by atoms with E-state index in [0.717, 1.165) is 56.9 Å². The van der Waals surface area contributed by atoms with Crippen LogP contribution in [0.1, 0.15) is 19.4 Å². The highest BCUT2D eigenvalue weighted by atomic mass is 16.5. The molecule has 2 rings (SSSR count). The molecule has 28 heavy (non-hydrogen) atoms. The van der Waals surface area contributed by atoms with Crippen molar-refractivity contribution in [3.8, 4) is 11.5 Å². The van der Waals surface area contributed by atoms with E-state index in [4.69, 9.17) is 9.47 Å². The van der Waals surface area contributed by atoms with Crippen LogP contribution in [0.4, 0.5) is 0 Å². The Morgan fingerprint density at radius 1 is 1.25 bits per heavy atom. The highest BCUT2D eigenvalue weighted by molar-refractivity contribution is 5.43. The number of methoxy groups -OCH3 is 1. The number of ether oxygens (including phenoxy) is 2. The van der Waals surface area contributed by atoms with E-state index >= 15 is 0 Å². The second-order valence-corrected chi connectivity index (χ2v) is 7.81. The minimum atomic E-state index is -0.521. The van der Waals surface area contributed by atoms with Gasteiger partial charge in [0, 0.05) is 45.8 Å². The molecule has 1 aromatic carbocycles. The third kappa shape index (κ3) is 7.43. The third-order valence-corrected chi connectivity index (χ3v) is 5.07. The van der Waals surface area contributed by atoms with Crippen LogP contribution in [0.2, 0.25) is 0 Å². The summed E-state index contributed by atoms with van der Waals surface area (Å²) in [5.74, 6) is 1.38. The van der Waals surface area contributed by atoms with Gasteiger partial charge >= 0.3 is 0 Å². The molecule has 1 atom stereocenters. The molecule has 0 amide bonds. The molecule has 1 fully saturated rings. The quantitative estimate of drug-likeness (QED) is 0.583. The van der Waals surface area contributed by atoms with Crippen LogP contribution in [0.3, 0.4) is 0 Å². The molecule has 6 heteroatoms. The topological polar surface area (TPSA) is 48.4 Å². The number of benzene rings is 1. The van der Waals surface area contributed by atoms with Crippen LogP contribution >= 0.6 is 0 Å². The van der Waals surface area contributed by atoms with Gasteiger partial charge in [0.25, 0.3) is 0 Å². The monoisotopic (exact) mass is 391 g/mol. The van der Waals surface area contributed by atoms with E-state index < -0.39 is 6.10 Å². The highest BCUT2D eigenvalue weighted by Crippen LogP contribution is 2.29. The van der Waals surface area contributed by atoms with E-state index in [-0.39, 0.29) is 6.61 Å². The zero-order valence-corrected chi connectivity index (χ0v) is 18.0. The molecule has 1 aliphatic heterocycles. The van der Waals surface area contributed by atoms with Crippen molar-refractivity contribution in [3.63, 3.8) is 0 Å². The zero-order chi connectivity index (χ0) is 20.5. The Balaban J connectivity index is 1.92. The first kappa shape index (κ1) is 22.7. The molecule has 0 radical (unpaired) electrons. The van der Waals surface area contributed by atoms with Crippen molar-refractivity contribution in [2.24, 2.45) is 0 Å². The van der Waals surface area contributed by atoms with E-state index in [2.05, 4.69) is 41.3 Å². The van der Waals surface area contributed by atoms with Crippen LogP contribution in [-0.4, -0.2) is 92.5 Å². The molecule has 6 nitrogen and oxygen atoms in total. The van der Waals surface area contributed by atoms with Crippen LogP contribution < -0.4 is 9.47 Å². The highest BCUT2D eigenvalue weighted by Gasteiger charge is 2.18. The number of nitrogens with zero attached hydrogens (tertiary/aromatic N) is 3. The minimum absolute atomic E-state index is 0.259. The SMILES string of the molecule is C=C(C)CN(CC)Cc1ccc(OC)c(OCC(O)CN2CCN(C)CC2)c1. The summed E-state index contributed by atoms with van der Waals surface area (Å²) in [6, 6.07) is 6.02. The molecular weight excluding hydrogens is 354 g/mol. The van der Waals surface area contributed by atoms with Crippen LogP contribution in [0.25, 0.3) is 0 Å². The Kier molecular flexibility index (Phi) is 9.25. The maximum absolute atomic E-state index is 10.4. The predicted molar refractivity (Wildman–Crippen MR) is 114 cm³/mol. The minimum Gasteiger partial charge on any atom is -0.493 e.